The molecule has 0 unspecified atom stereocenters. The van der Waals surface area contributed by atoms with Crippen molar-refractivity contribution in [1.82, 2.24) is 4.90 Å². The van der Waals surface area contributed by atoms with Crippen LogP contribution in [0.25, 0.3) is 0 Å². The molecule has 0 aliphatic rings. The fourth-order valence-electron chi connectivity index (χ4n) is 2.49. The van der Waals surface area contributed by atoms with Gasteiger partial charge >= 0.3 is 0 Å². The van der Waals surface area contributed by atoms with Crippen LogP contribution in [-0.4, -0.2) is 31.4 Å². The highest BCUT2D eigenvalue weighted by Gasteiger charge is 2.14. The smallest absolute Gasteiger partial charge is 0.253 e. The molecule has 5 heteroatoms. The number of nitriles is 1. The van der Waals surface area contributed by atoms with E-state index in [1.807, 2.05) is 30.0 Å². The van der Waals surface area contributed by atoms with Gasteiger partial charge in [-0.25, -0.2) is 4.39 Å². The molecule has 4 nitrogen and oxygen atoms in total. The number of anilines is 1. The molecule has 2 aromatic carbocycles. The van der Waals surface area contributed by atoms with Gasteiger partial charge in [-0.05, 0) is 36.8 Å². The largest absolute Gasteiger partial charge is 0.366 e. The number of carbonyl (C=O) groups excluding carboxylic acids is 1. The van der Waals surface area contributed by atoms with E-state index < -0.39 is 5.82 Å². The van der Waals surface area contributed by atoms with Gasteiger partial charge in [-0.15, -0.1) is 0 Å². The molecule has 124 valence electrons. The van der Waals surface area contributed by atoms with Gasteiger partial charge in [0.05, 0.1) is 5.69 Å². The summed E-state index contributed by atoms with van der Waals surface area (Å²) in [6.07, 6.45) is 0. The zero-order valence-electron chi connectivity index (χ0n) is 14.1. The molecule has 0 fully saturated rings. The van der Waals surface area contributed by atoms with E-state index in [-0.39, 0.29) is 11.5 Å². The molecular formula is C19H20FN3O. The second-order valence-electron chi connectivity index (χ2n) is 5.66. The van der Waals surface area contributed by atoms with Crippen molar-refractivity contribution in [2.45, 2.75) is 13.5 Å². The number of hydrogen-bond acceptors (Lipinski definition) is 3. The molecule has 0 atom stereocenters. The van der Waals surface area contributed by atoms with Crippen LogP contribution in [0.1, 0.15) is 28.4 Å². The Morgan fingerprint density at radius 1 is 1.17 bits per heavy atom. The Hall–Kier alpha value is -2.87. The van der Waals surface area contributed by atoms with Crippen LogP contribution < -0.4 is 4.90 Å². The number of rotatable bonds is 5. The maximum absolute atomic E-state index is 13.8. The van der Waals surface area contributed by atoms with E-state index in [1.165, 1.54) is 11.0 Å². The van der Waals surface area contributed by atoms with E-state index in [2.05, 4.69) is 0 Å². The first-order chi connectivity index (χ1) is 11.5. The summed E-state index contributed by atoms with van der Waals surface area (Å²) in [5, 5.41) is 9.20. The highest BCUT2D eigenvalue weighted by molar-refractivity contribution is 5.93. The molecule has 24 heavy (non-hydrogen) atoms. The molecule has 0 saturated heterocycles. The average molecular weight is 325 g/mol. The predicted octanol–water partition coefficient (Wildman–Crippen LogP) is 3.43. The number of carbonyl (C=O) groups is 1. The van der Waals surface area contributed by atoms with Crippen molar-refractivity contribution in [3.63, 3.8) is 0 Å². The SMILES string of the molecule is CCN(Cc1ccc(C(=O)N(C)C)cc1)c1cccc(F)c1C#N. The van der Waals surface area contributed by atoms with Crippen LogP contribution in [0.15, 0.2) is 42.5 Å². The van der Waals surface area contributed by atoms with E-state index in [0.29, 0.717) is 24.3 Å². The fraction of sp³-hybridized carbons (Fsp3) is 0.263. The Bertz CT molecular complexity index is 763. The first kappa shape index (κ1) is 17.5. The standard InChI is InChI=1S/C19H20FN3O/c1-4-23(18-7-5-6-17(20)16(18)12-21)13-14-8-10-15(11-9-14)19(24)22(2)3/h5-11H,4,13H2,1-3H3. The molecule has 1 amide bonds. The summed E-state index contributed by atoms with van der Waals surface area (Å²) >= 11 is 0. The van der Waals surface area contributed by atoms with Gasteiger partial charge < -0.3 is 9.80 Å². The van der Waals surface area contributed by atoms with Gasteiger partial charge in [-0.2, -0.15) is 5.26 Å². The van der Waals surface area contributed by atoms with Crippen LogP contribution in [0, 0.1) is 17.1 Å². The van der Waals surface area contributed by atoms with Gasteiger partial charge in [0.15, 0.2) is 0 Å². The quantitative estimate of drug-likeness (QED) is 0.846. The Balaban J connectivity index is 2.24. The van der Waals surface area contributed by atoms with E-state index >= 15 is 0 Å². The van der Waals surface area contributed by atoms with Crippen molar-refractivity contribution in [2.24, 2.45) is 0 Å². The lowest BCUT2D eigenvalue weighted by molar-refractivity contribution is 0.0827. The molecule has 2 aromatic rings. The summed E-state index contributed by atoms with van der Waals surface area (Å²) in [6.45, 7) is 3.12. The van der Waals surface area contributed by atoms with E-state index in [0.717, 1.165) is 5.56 Å². The van der Waals surface area contributed by atoms with Crippen LogP contribution in [-0.2, 0) is 6.54 Å². The summed E-state index contributed by atoms with van der Waals surface area (Å²) in [5.74, 6) is -0.564. The van der Waals surface area contributed by atoms with E-state index in [1.54, 1.807) is 38.4 Å². The zero-order valence-corrected chi connectivity index (χ0v) is 14.1. The molecular weight excluding hydrogens is 305 g/mol. The molecule has 0 aliphatic carbocycles. The van der Waals surface area contributed by atoms with Gasteiger partial charge in [0, 0.05) is 32.7 Å². The summed E-state index contributed by atoms with van der Waals surface area (Å²) in [4.78, 5) is 15.4. The number of amides is 1. The molecule has 0 heterocycles. The van der Waals surface area contributed by atoms with Crippen molar-refractivity contribution < 1.29 is 9.18 Å². The van der Waals surface area contributed by atoms with Gasteiger partial charge in [-0.3, -0.25) is 4.79 Å². The average Bonchev–Trinajstić information content (AvgIpc) is 2.59. The van der Waals surface area contributed by atoms with Crippen molar-refractivity contribution in [3.05, 3.63) is 65.0 Å². The number of halogens is 1. The van der Waals surface area contributed by atoms with Crippen LogP contribution in [0.4, 0.5) is 10.1 Å². The highest BCUT2D eigenvalue weighted by atomic mass is 19.1. The minimum absolute atomic E-state index is 0.0502. The summed E-state index contributed by atoms with van der Waals surface area (Å²) < 4.78 is 13.8. The highest BCUT2D eigenvalue weighted by Crippen LogP contribution is 2.24. The molecule has 0 N–H and O–H groups in total. The monoisotopic (exact) mass is 325 g/mol. The molecule has 0 bridgehead atoms. The van der Waals surface area contributed by atoms with Crippen molar-refractivity contribution >= 4 is 11.6 Å². The van der Waals surface area contributed by atoms with Crippen LogP contribution >= 0.6 is 0 Å². The Kier molecular flexibility index (Phi) is 5.54. The third-order valence-electron chi connectivity index (χ3n) is 3.81. The second kappa shape index (κ2) is 7.60. The van der Waals surface area contributed by atoms with Crippen molar-refractivity contribution in [2.75, 3.05) is 25.5 Å². The molecule has 0 radical (unpaired) electrons. The lowest BCUT2D eigenvalue weighted by Gasteiger charge is -2.24. The summed E-state index contributed by atoms with van der Waals surface area (Å²) in [5.41, 5.74) is 2.24. The molecule has 0 saturated carbocycles. The van der Waals surface area contributed by atoms with Crippen LogP contribution in [0.3, 0.4) is 0 Å². The summed E-state index contributed by atoms with van der Waals surface area (Å²) in [6, 6.07) is 13.9. The first-order valence-corrected chi connectivity index (χ1v) is 7.72. The fourth-order valence-corrected chi connectivity index (χ4v) is 2.49. The minimum atomic E-state index is -0.514. The third kappa shape index (κ3) is 3.72. The van der Waals surface area contributed by atoms with E-state index in [4.69, 9.17) is 0 Å². The molecule has 0 spiro atoms. The Morgan fingerprint density at radius 3 is 2.38 bits per heavy atom. The van der Waals surface area contributed by atoms with Crippen molar-refractivity contribution in [1.29, 1.82) is 5.26 Å². The zero-order chi connectivity index (χ0) is 17.7. The molecule has 0 aromatic heterocycles. The van der Waals surface area contributed by atoms with Gasteiger partial charge in [-0.1, -0.05) is 18.2 Å². The normalized spacial score (nSPS) is 10.1. The third-order valence-corrected chi connectivity index (χ3v) is 3.81. The number of nitrogens with zero attached hydrogens (tertiary/aromatic N) is 3. The number of benzene rings is 2. The lowest BCUT2D eigenvalue weighted by Crippen LogP contribution is -2.24. The van der Waals surface area contributed by atoms with Crippen LogP contribution in [0.5, 0.6) is 0 Å². The molecule has 0 aliphatic heterocycles. The minimum Gasteiger partial charge on any atom is -0.366 e. The maximum atomic E-state index is 13.8. The summed E-state index contributed by atoms with van der Waals surface area (Å²) in [7, 11) is 3.42. The van der Waals surface area contributed by atoms with Crippen molar-refractivity contribution in [3.8, 4) is 6.07 Å². The van der Waals surface area contributed by atoms with Gasteiger partial charge in [0.1, 0.15) is 17.4 Å². The second-order valence-corrected chi connectivity index (χ2v) is 5.66. The Labute approximate surface area is 141 Å². The van der Waals surface area contributed by atoms with Gasteiger partial charge in [0.2, 0.25) is 0 Å². The lowest BCUT2D eigenvalue weighted by atomic mass is 10.1. The number of hydrogen-bond donors (Lipinski definition) is 0. The maximum Gasteiger partial charge on any atom is 0.253 e. The van der Waals surface area contributed by atoms with Crippen LogP contribution in [0.2, 0.25) is 0 Å². The Morgan fingerprint density at radius 2 is 1.83 bits per heavy atom. The molecule has 2 rings (SSSR count). The van der Waals surface area contributed by atoms with Gasteiger partial charge in [0.25, 0.3) is 5.91 Å². The van der Waals surface area contributed by atoms with E-state index in [9.17, 15) is 14.4 Å². The first-order valence-electron chi connectivity index (χ1n) is 7.72. The predicted molar refractivity (Wildman–Crippen MR) is 92.3 cm³/mol. The topological polar surface area (TPSA) is 47.3 Å².